The van der Waals surface area contributed by atoms with Gasteiger partial charge in [0.15, 0.2) is 0 Å². The van der Waals surface area contributed by atoms with Crippen LogP contribution >= 0.6 is 11.3 Å². The van der Waals surface area contributed by atoms with Gasteiger partial charge in [0.1, 0.15) is 10.6 Å². The van der Waals surface area contributed by atoms with E-state index in [9.17, 15) is 5.11 Å². The van der Waals surface area contributed by atoms with Crippen LogP contribution in [0.1, 0.15) is 29.0 Å². The van der Waals surface area contributed by atoms with Crippen molar-refractivity contribution in [1.82, 2.24) is 4.98 Å². The van der Waals surface area contributed by atoms with Crippen molar-refractivity contribution in [3.8, 4) is 0 Å². The van der Waals surface area contributed by atoms with E-state index in [0.717, 1.165) is 40.1 Å². The van der Waals surface area contributed by atoms with Crippen LogP contribution in [0, 0.1) is 0 Å². The molecule has 100 valence electrons. The van der Waals surface area contributed by atoms with E-state index >= 15 is 0 Å². The van der Waals surface area contributed by atoms with Gasteiger partial charge in [-0.2, -0.15) is 0 Å². The van der Waals surface area contributed by atoms with Crippen LogP contribution in [0.25, 0.3) is 10.2 Å². The molecule has 1 aliphatic rings. The van der Waals surface area contributed by atoms with E-state index in [2.05, 4.69) is 17.1 Å². The molecule has 2 nitrogen and oxygen atoms in total. The third-order valence-electron chi connectivity index (χ3n) is 4.10. The number of aryl methyl sites for hydroxylation is 1. The second-order valence-corrected chi connectivity index (χ2v) is 6.39. The number of para-hydroxylation sites is 1. The standard InChI is InChI=1S/C17H15NOS/c19-17(11-5-7-12-6-1-2-8-13(12)17)16-18-14-9-3-4-10-15(14)20-16/h1-4,6,8-10,19H,5,7,11H2. The molecule has 20 heavy (non-hydrogen) atoms. The first-order valence-corrected chi connectivity index (χ1v) is 7.76. The first-order valence-electron chi connectivity index (χ1n) is 6.94. The van der Waals surface area contributed by atoms with Gasteiger partial charge in [0.25, 0.3) is 0 Å². The summed E-state index contributed by atoms with van der Waals surface area (Å²) in [7, 11) is 0. The van der Waals surface area contributed by atoms with Crippen molar-refractivity contribution in [2.45, 2.75) is 24.9 Å². The van der Waals surface area contributed by atoms with Crippen molar-refractivity contribution in [3.05, 3.63) is 64.7 Å². The van der Waals surface area contributed by atoms with Gasteiger partial charge >= 0.3 is 0 Å². The number of benzene rings is 2. The van der Waals surface area contributed by atoms with E-state index in [4.69, 9.17) is 0 Å². The van der Waals surface area contributed by atoms with Crippen molar-refractivity contribution in [1.29, 1.82) is 0 Å². The molecule has 1 heterocycles. The van der Waals surface area contributed by atoms with Crippen LogP contribution in [0.5, 0.6) is 0 Å². The summed E-state index contributed by atoms with van der Waals surface area (Å²) in [5.74, 6) is 0. The minimum absolute atomic E-state index is 0.754. The number of aromatic nitrogens is 1. The predicted molar refractivity (Wildman–Crippen MR) is 82.0 cm³/mol. The molecule has 2 aromatic carbocycles. The molecule has 1 unspecified atom stereocenters. The normalized spacial score (nSPS) is 21.9. The summed E-state index contributed by atoms with van der Waals surface area (Å²) in [6.07, 6.45) is 2.80. The average molecular weight is 281 g/mol. The fourth-order valence-electron chi connectivity index (χ4n) is 3.08. The van der Waals surface area contributed by atoms with Crippen LogP contribution in [0.4, 0.5) is 0 Å². The number of thiazole rings is 1. The molecular formula is C17H15NOS. The van der Waals surface area contributed by atoms with E-state index in [-0.39, 0.29) is 0 Å². The zero-order valence-electron chi connectivity index (χ0n) is 11.0. The fourth-order valence-corrected chi connectivity index (χ4v) is 4.18. The van der Waals surface area contributed by atoms with Crippen LogP contribution in [-0.2, 0) is 12.0 Å². The van der Waals surface area contributed by atoms with Gasteiger partial charge in [-0.1, -0.05) is 36.4 Å². The van der Waals surface area contributed by atoms with Gasteiger partial charge in [-0.25, -0.2) is 4.98 Å². The van der Waals surface area contributed by atoms with Crippen molar-refractivity contribution < 1.29 is 5.11 Å². The molecule has 1 aromatic heterocycles. The molecule has 0 fully saturated rings. The highest BCUT2D eigenvalue weighted by atomic mass is 32.1. The maximum absolute atomic E-state index is 11.2. The van der Waals surface area contributed by atoms with Gasteiger partial charge in [-0.05, 0) is 42.5 Å². The Balaban J connectivity index is 1.92. The Kier molecular flexibility index (Phi) is 2.65. The first kappa shape index (κ1) is 12.1. The van der Waals surface area contributed by atoms with Crippen LogP contribution in [-0.4, -0.2) is 10.1 Å². The number of aliphatic hydroxyl groups is 1. The number of hydrogen-bond donors (Lipinski definition) is 1. The highest BCUT2D eigenvalue weighted by Crippen LogP contribution is 2.42. The number of fused-ring (bicyclic) bond motifs is 2. The Morgan fingerprint density at radius 2 is 1.85 bits per heavy atom. The smallest absolute Gasteiger partial charge is 0.141 e. The number of hydrogen-bond acceptors (Lipinski definition) is 3. The van der Waals surface area contributed by atoms with Gasteiger partial charge < -0.3 is 5.11 Å². The van der Waals surface area contributed by atoms with E-state index in [1.54, 1.807) is 11.3 Å². The first-order chi connectivity index (χ1) is 9.77. The number of nitrogens with zero attached hydrogens (tertiary/aromatic N) is 1. The quantitative estimate of drug-likeness (QED) is 0.734. The maximum Gasteiger partial charge on any atom is 0.141 e. The summed E-state index contributed by atoms with van der Waals surface area (Å²) in [6.45, 7) is 0. The van der Waals surface area contributed by atoms with Gasteiger partial charge in [0.2, 0.25) is 0 Å². The van der Waals surface area contributed by atoms with E-state index < -0.39 is 5.60 Å². The minimum atomic E-state index is -0.918. The molecule has 0 aliphatic heterocycles. The molecule has 1 aliphatic carbocycles. The molecule has 0 bridgehead atoms. The molecular weight excluding hydrogens is 266 g/mol. The SMILES string of the molecule is OC1(c2nc3ccccc3s2)CCCc2ccccc21. The molecule has 0 radical (unpaired) electrons. The highest BCUT2D eigenvalue weighted by molar-refractivity contribution is 7.18. The lowest BCUT2D eigenvalue weighted by molar-refractivity contribution is 0.0615. The van der Waals surface area contributed by atoms with Crippen molar-refractivity contribution in [2.24, 2.45) is 0 Å². The molecule has 1 N–H and O–H groups in total. The van der Waals surface area contributed by atoms with Gasteiger partial charge in [0, 0.05) is 0 Å². The summed E-state index contributed by atoms with van der Waals surface area (Å²) in [6, 6.07) is 16.3. The molecule has 3 aromatic rings. The second-order valence-electron chi connectivity index (χ2n) is 5.36. The Hall–Kier alpha value is -1.71. The van der Waals surface area contributed by atoms with Gasteiger partial charge in [-0.15, -0.1) is 11.3 Å². The lowest BCUT2D eigenvalue weighted by Crippen LogP contribution is -2.31. The van der Waals surface area contributed by atoms with Crippen molar-refractivity contribution in [2.75, 3.05) is 0 Å². The maximum atomic E-state index is 11.2. The average Bonchev–Trinajstić information content (AvgIpc) is 2.92. The predicted octanol–water partition coefficient (Wildman–Crippen LogP) is 3.87. The van der Waals surface area contributed by atoms with Crippen LogP contribution in [0.2, 0.25) is 0 Å². The minimum Gasteiger partial charge on any atom is -0.378 e. The summed E-state index contributed by atoms with van der Waals surface area (Å²) in [5.41, 5.74) is 2.34. The molecule has 0 saturated carbocycles. The molecule has 0 amide bonds. The van der Waals surface area contributed by atoms with Gasteiger partial charge in [0.05, 0.1) is 10.2 Å². The molecule has 3 heteroatoms. The third-order valence-corrected chi connectivity index (χ3v) is 5.28. The van der Waals surface area contributed by atoms with Crippen LogP contribution in [0.15, 0.2) is 48.5 Å². The monoisotopic (exact) mass is 281 g/mol. The van der Waals surface area contributed by atoms with E-state index in [1.165, 1.54) is 5.56 Å². The van der Waals surface area contributed by atoms with E-state index in [0.29, 0.717) is 0 Å². The van der Waals surface area contributed by atoms with Crippen molar-refractivity contribution in [3.63, 3.8) is 0 Å². The lowest BCUT2D eigenvalue weighted by atomic mass is 9.79. The summed E-state index contributed by atoms with van der Waals surface area (Å²) in [4.78, 5) is 4.68. The van der Waals surface area contributed by atoms with Crippen molar-refractivity contribution >= 4 is 21.6 Å². The Morgan fingerprint density at radius 3 is 2.75 bits per heavy atom. The molecule has 4 rings (SSSR count). The second kappa shape index (κ2) is 4.40. The zero-order chi connectivity index (χ0) is 13.6. The summed E-state index contributed by atoms with van der Waals surface area (Å²) in [5, 5.41) is 12.1. The Morgan fingerprint density at radius 1 is 1.05 bits per heavy atom. The Labute approximate surface area is 121 Å². The lowest BCUT2D eigenvalue weighted by Gasteiger charge is -2.32. The van der Waals surface area contributed by atoms with Crippen LogP contribution in [0.3, 0.4) is 0 Å². The number of rotatable bonds is 1. The topological polar surface area (TPSA) is 33.1 Å². The fraction of sp³-hybridized carbons (Fsp3) is 0.235. The largest absolute Gasteiger partial charge is 0.378 e. The molecule has 0 spiro atoms. The summed E-state index contributed by atoms with van der Waals surface area (Å²) >= 11 is 1.61. The van der Waals surface area contributed by atoms with Gasteiger partial charge in [-0.3, -0.25) is 0 Å². The van der Waals surface area contributed by atoms with E-state index in [1.807, 2.05) is 36.4 Å². The zero-order valence-corrected chi connectivity index (χ0v) is 11.9. The third kappa shape index (κ3) is 1.70. The summed E-state index contributed by atoms with van der Waals surface area (Å²) < 4.78 is 1.14. The highest BCUT2D eigenvalue weighted by Gasteiger charge is 2.38. The molecule has 0 saturated heterocycles. The Bertz CT molecular complexity index is 746. The molecule has 1 atom stereocenters. The van der Waals surface area contributed by atoms with Crippen LogP contribution < -0.4 is 0 Å².